The molecule has 0 saturated carbocycles. The lowest BCUT2D eigenvalue weighted by atomic mass is 9.98. The molecular weight excluding hydrogens is 933 g/mol. The standard InChI is InChI=1S/C73H48N4/c1-47-16-15-23-57(40-47)77-67-27-14-12-25-59(67)61-42-49(29-35-69(61)77)51-31-37-71-63(44-51)65-46-53(33-39-73(65)76(71)56-21-9-4-10-22-56)52-32-38-72-64(45-52)62-43-50(30-36-70(62)75(72)55-19-7-3-8-20-55)48-28-34-68-60(41-48)58-24-11-13-26-66(58)74(68)54-17-5-2-6-18-54/h2-46H,1H3/i2D,5D,6D,15D,16D,17D,18D,23D,40D. The second-order valence-electron chi connectivity index (χ2n) is 19.9. The van der Waals surface area contributed by atoms with E-state index in [1.165, 1.54) is 0 Å². The fourth-order valence-corrected chi connectivity index (χ4v) is 12.2. The van der Waals surface area contributed by atoms with E-state index in [0.29, 0.717) is 11.3 Å². The van der Waals surface area contributed by atoms with Crippen LogP contribution in [0, 0.1) is 6.92 Å². The summed E-state index contributed by atoms with van der Waals surface area (Å²) in [6.45, 7) is 1.68. The van der Waals surface area contributed by atoms with E-state index < -0.39 is 6.04 Å². The van der Waals surface area contributed by atoms with Gasteiger partial charge in [0.15, 0.2) is 0 Å². The fraction of sp³-hybridized carbons (Fsp3) is 0.0137. The quantitative estimate of drug-likeness (QED) is 0.152. The van der Waals surface area contributed by atoms with Gasteiger partial charge in [0, 0.05) is 65.8 Å². The Balaban J connectivity index is 0.856. The molecular formula is C73H48N4. The number of para-hydroxylation sites is 5. The summed E-state index contributed by atoms with van der Waals surface area (Å²) < 4.78 is 86.7. The molecule has 360 valence electrons. The van der Waals surface area contributed by atoms with E-state index >= 15 is 0 Å². The summed E-state index contributed by atoms with van der Waals surface area (Å²) in [7, 11) is 0. The van der Waals surface area contributed by atoms with Gasteiger partial charge in [-0.1, -0.05) is 139 Å². The van der Waals surface area contributed by atoms with Crippen LogP contribution in [0.1, 0.15) is 17.9 Å². The van der Waals surface area contributed by atoms with Crippen LogP contribution in [0.25, 0.3) is 143 Å². The molecule has 0 unspecified atom stereocenters. The van der Waals surface area contributed by atoms with E-state index in [4.69, 9.17) is 12.3 Å². The lowest BCUT2D eigenvalue weighted by Crippen LogP contribution is -1.94. The molecule has 0 atom stereocenters. The number of benzene rings is 12. The van der Waals surface area contributed by atoms with Crippen LogP contribution in [0.3, 0.4) is 0 Å². The van der Waals surface area contributed by atoms with Crippen LogP contribution in [0.2, 0.25) is 0 Å². The normalized spacial score (nSPS) is 13.6. The number of aromatic nitrogens is 4. The van der Waals surface area contributed by atoms with Gasteiger partial charge in [-0.3, -0.25) is 0 Å². The van der Waals surface area contributed by atoms with Crippen LogP contribution in [0.4, 0.5) is 0 Å². The Morgan fingerprint density at radius 1 is 0.247 bits per heavy atom. The Hall–Kier alpha value is -10.2. The molecule has 0 N–H and O–H groups in total. The molecule has 16 aromatic rings. The molecule has 77 heavy (non-hydrogen) atoms. The largest absolute Gasteiger partial charge is 0.309 e. The molecule has 4 heterocycles. The van der Waals surface area contributed by atoms with Crippen LogP contribution in [0.15, 0.2) is 273 Å². The van der Waals surface area contributed by atoms with Crippen molar-refractivity contribution in [3.05, 3.63) is 278 Å². The summed E-state index contributed by atoms with van der Waals surface area (Å²) in [5.41, 5.74) is 16.5. The first-order valence-corrected chi connectivity index (χ1v) is 25.8. The number of hydrogen-bond donors (Lipinski definition) is 0. The molecule has 12 aromatic carbocycles. The van der Waals surface area contributed by atoms with Gasteiger partial charge >= 0.3 is 0 Å². The fourth-order valence-electron chi connectivity index (χ4n) is 12.2. The molecule has 0 aliphatic carbocycles. The van der Waals surface area contributed by atoms with E-state index in [2.05, 4.69) is 167 Å². The van der Waals surface area contributed by atoms with Crippen LogP contribution in [-0.2, 0) is 0 Å². The summed E-state index contributed by atoms with van der Waals surface area (Å²) in [4.78, 5) is 0. The molecule has 4 nitrogen and oxygen atoms in total. The maximum atomic E-state index is 9.11. The molecule has 4 heteroatoms. The summed E-state index contributed by atoms with van der Waals surface area (Å²) in [5.74, 6) is 0. The summed E-state index contributed by atoms with van der Waals surface area (Å²) in [5, 5.41) is 8.11. The molecule has 0 fully saturated rings. The Morgan fingerprint density at radius 3 is 0.935 bits per heavy atom. The minimum Gasteiger partial charge on any atom is -0.309 e. The zero-order chi connectivity index (χ0) is 58.5. The number of nitrogens with zero attached hydrogens (tertiary/aromatic N) is 4. The van der Waals surface area contributed by atoms with Crippen molar-refractivity contribution in [3.8, 4) is 56.1 Å². The maximum Gasteiger partial charge on any atom is 0.0648 e. The summed E-state index contributed by atoms with van der Waals surface area (Å²) >= 11 is 0. The van der Waals surface area contributed by atoms with Gasteiger partial charge in [-0.2, -0.15) is 0 Å². The summed E-state index contributed by atoms with van der Waals surface area (Å²) in [6, 6.07) is 74.1. The average Bonchev–Trinajstić information content (AvgIpc) is 1.92. The highest BCUT2D eigenvalue weighted by atomic mass is 15.0. The van der Waals surface area contributed by atoms with Crippen molar-refractivity contribution in [2.75, 3.05) is 0 Å². The van der Waals surface area contributed by atoms with E-state index in [1.807, 2.05) is 65.2 Å². The molecule has 0 saturated heterocycles. The number of rotatable bonds is 7. The average molecular weight is 990 g/mol. The maximum absolute atomic E-state index is 9.11. The molecule has 0 bridgehead atoms. The highest BCUT2D eigenvalue weighted by Crippen LogP contribution is 2.43. The van der Waals surface area contributed by atoms with Crippen LogP contribution >= 0.6 is 0 Å². The highest BCUT2D eigenvalue weighted by molar-refractivity contribution is 6.16. The minimum absolute atomic E-state index is 0.0727. The van der Waals surface area contributed by atoms with Gasteiger partial charge in [0.25, 0.3) is 0 Å². The Kier molecular flexibility index (Phi) is 7.72. The van der Waals surface area contributed by atoms with Crippen molar-refractivity contribution >= 4 is 87.2 Å². The van der Waals surface area contributed by atoms with Crippen molar-refractivity contribution in [1.82, 2.24) is 18.3 Å². The molecule has 0 radical (unpaired) electrons. The molecule has 4 aromatic heterocycles. The van der Waals surface area contributed by atoms with Crippen LogP contribution in [-0.4, -0.2) is 18.3 Å². The predicted molar refractivity (Wildman–Crippen MR) is 325 cm³/mol. The van der Waals surface area contributed by atoms with Gasteiger partial charge in [0.2, 0.25) is 0 Å². The lowest BCUT2D eigenvalue weighted by molar-refractivity contribution is 1.17. The Morgan fingerprint density at radius 2 is 0.545 bits per heavy atom. The first kappa shape index (κ1) is 35.1. The number of fused-ring (bicyclic) bond motifs is 12. The third-order valence-electron chi connectivity index (χ3n) is 15.6. The molecule has 0 aliphatic rings. The van der Waals surface area contributed by atoms with E-state index in [9.17, 15) is 0 Å². The number of hydrogen-bond acceptors (Lipinski definition) is 0. The molecule has 0 spiro atoms. The van der Waals surface area contributed by atoms with Gasteiger partial charge in [0.05, 0.1) is 56.5 Å². The topological polar surface area (TPSA) is 19.7 Å². The zero-order valence-electron chi connectivity index (χ0n) is 50.6. The van der Waals surface area contributed by atoms with Gasteiger partial charge in [-0.25, -0.2) is 0 Å². The van der Waals surface area contributed by atoms with Crippen LogP contribution in [0.5, 0.6) is 0 Å². The van der Waals surface area contributed by atoms with E-state index in [-0.39, 0.29) is 54.0 Å². The predicted octanol–water partition coefficient (Wildman–Crippen LogP) is 19.4. The van der Waals surface area contributed by atoms with Crippen molar-refractivity contribution in [3.63, 3.8) is 0 Å². The summed E-state index contributed by atoms with van der Waals surface area (Å²) in [6.07, 6.45) is 0. The minimum atomic E-state index is -0.425. The van der Waals surface area contributed by atoms with Crippen molar-refractivity contribution in [1.29, 1.82) is 0 Å². The second-order valence-corrected chi connectivity index (χ2v) is 19.9. The first-order chi connectivity index (χ1) is 41.8. The van der Waals surface area contributed by atoms with Crippen LogP contribution < -0.4 is 0 Å². The van der Waals surface area contributed by atoms with Crippen molar-refractivity contribution in [2.45, 2.75) is 6.92 Å². The SMILES string of the molecule is [2H]c1c([2H])c([2H])c(-n2c3ccccc3c3cc(-c4ccc5c(c4)c4cc(-c6ccc7c(c6)c6cc(-c8ccc9c(c8)c8ccccc8n9-c8c([2H])c([2H])c([2H])c(C)c8[2H])ccc6n7-c6ccccc6)ccc4n5-c4ccccc4)ccc32)c([2H])c1[2H]. The highest BCUT2D eigenvalue weighted by Gasteiger charge is 2.20. The second kappa shape index (κ2) is 16.9. The Bertz CT molecular complexity index is 5200. The van der Waals surface area contributed by atoms with Gasteiger partial charge < -0.3 is 18.3 Å². The van der Waals surface area contributed by atoms with E-state index in [1.54, 1.807) is 11.5 Å². The Labute approximate surface area is 457 Å². The van der Waals surface area contributed by atoms with Gasteiger partial charge in [-0.05, 0) is 179 Å². The monoisotopic (exact) mass is 989 g/mol. The van der Waals surface area contributed by atoms with Crippen molar-refractivity contribution < 1.29 is 12.3 Å². The smallest absolute Gasteiger partial charge is 0.0648 e. The lowest BCUT2D eigenvalue weighted by Gasteiger charge is -2.10. The van der Waals surface area contributed by atoms with Gasteiger partial charge in [-0.15, -0.1) is 0 Å². The van der Waals surface area contributed by atoms with Gasteiger partial charge in [0.1, 0.15) is 0 Å². The molecule has 0 amide bonds. The third-order valence-corrected chi connectivity index (χ3v) is 15.6. The molecule has 16 rings (SSSR count). The zero-order valence-corrected chi connectivity index (χ0v) is 41.6. The van der Waals surface area contributed by atoms with Crippen molar-refractivity contribution in [2.24, 2.45) is 0 Å². The van der Waals surface area contributed by atoms with E-state index in [0.717, 1.165) is 132 Å². The molecule has 0 aliphatic heterocycles. The first-order valence-electron chi connectivity index (χ1n) is 30.3. The third kappa shape index (κ3) is 6.72.